The van der Waals surface area contributed by atoms with E-state index in [0.29, 0.717) is 0 Å². The number of hydrogen-bond donors (Lipinski definition) is 2. The number of fused-ring (bicyclic) bond motifs is 3. The average Bonchev–Trinajstić information content (AvgIpc) is 2.35. The predicted octanol–water partition coefficient (Wildman–Crippen LogP) is 2.79. The fraction of sp³-hybridized carbons (Fsp3) is 0.333. The number of halogens is 1. The first-order valence-corrected chi connectivity index (χ1v) is 6.15. The molecule has 0 saturated carbocycles. The lowest BCUT2D eigenvalue weighted by molar-refractivity contribution is -0.0106. The summed E-state index contributed by atoms with van der Waals surface area (Å²) in [5.74, 6) is 0.730. The number of aliphatic hydroxyl groups is 1. The molecule has 4 heteroatoms. The Morgan fingerprint density at radius 1 is 1.16 bits per heavy atom. The standard InChI is InChI=1S/C15H17NO2.ClH/c1-15(2)14(16)13(17)12-10-6-4-3-5-9(10)7-8-11(12)18-15;/h3-8,13-14,17H,16H2,1-2H3;1H. The van der Waals surface area contributed by atoms with Gasteiger partial charge in [-0.3, -0.25) is 0 Å². The molecule has 102 valence electrons. The van der Waals surface area contributed by atoms with Crippen LogP contribution in [-0.2, 0) is 0 Å². The lowest BCUT2D eigenvalue weighted by atomic mass is 9.85. The molecule has 1 aliphatic heterocycles. The third-order valence-corrected chi connectivity index (χ3v) is 3.74. The van der Waals surface area contributed by atoms with Crippen molar-refractivity contribution in [2.75, 3.05) is 0 Å². The molecule has 2 aromatic rings. The van der Waals surface area contributed by atoms with Crippen LogP contribution in [0, 0.1) is 0 Å². The van der Waals surface area contributed by atoms with Gasteiger partial charge in [-0.15, -0.1) is 12.4 Å². The smallest absolute Gasteiger partial charge is 0.126 e. The molecule has 2 aromatic carbocycles. The first kappa shape index (κ1) is 14.1. The molecule has 2 atom stereocenters. The van der Waals surface area contributed by atoms with Gasteiger partial charge in [-0.25, -0.2) is 0 Å². The van der Waals surface area contributed by atoms with Crippen LogP contribution in [0.4, 0.5) is 0 Å². The maximum Gasteiger partial charge on any atom is 0.126 e. The molecular weight excluding hydrogens is 262 g/mol. The first-order valence-electron chi connectivity index (χ1n) is 6.15. The molecule has 1 heterocycles. The Balaban J connectivity index is 0.00000133. The zero-order chi connectivity index (χ0) is 12.9. The normalized spacial score (nSPS) is 24.2. The highest BCUT2D eigenvalue weighted by atomic mass is 35.5. The maximum atomic E-state index is 10.5. The minimum Gasteiger partial charge on any atom is -0.486 e. The summed E-state index contributed by atoms with van der Waals surface area (Å²) in [4.78, 5) is 0. The number of hydrogen-bond acceptors (Lipinski definition) is 3. The van der Waals surface area contributed by atoms with Crippen LogP contribution in [0.5, 0.6) is 5.75 Å². The van der Waals surface area contributed by atoms with Crippen LogP contribution in [0.15, 0.2) is 36.4 Å². The van der Waals surface area contributed by atoms with E-state index in [2.05, 4.69) is 0 Å². The topological polar surface area (TPSA) is 55.5 Å². The highest BCUT2D eigenvalue weighted by Gasteiger charge is 2.41. The number of aliphatic hydroxyl groups excluding tert-OH is 1. The van der Waals surface area contributed by atoms with Crippen molar-refractivity contribution in [3.63, 3.8) is 0 Å². The van der Waals surface area contributed by atoms with Gasteiger partial charge in [0.25, 0.3) is 0 Å². The molecule has 3 rings (SSSR count). The zero-order valence-corrected chi connectivity index (χ0v) is 11.8. The fourth-order valence-corrected chi connectivity index (χ4v) is 2.58. The molecular formula is C15H18ClNO2. The second-order valence-electron chi connectivity index (χ2n) is 5.37. The summed E-state index contributed by atoms with van der Waals surface area (Å²) in [6.07, 6.45) is -0.699. The van der Waals surface area contributed by atoms with Crippen LogP contribution in [0.2, 0.25) is 0 Å². The van der Waals surface area contributed by atoms with Gasteiger partial charge in [-0.2, -0.15) is 0 Å². The molecule has 0 aromatic heterocycles. The largest absolute Gasteiger partial charge is 0.486 e. The number of ether oxygens (including phenoxy) is 1. The summed E-state index contributed by atoms with van der Waals surface area (Å²) < 4.78 is 5.93. The molecule has 0 aliphatic carbocycles. The van der Waals surface area contributed by atoms with E-state index in [9.17, 15) is 5.11 Å². The van der Waals surface area contributed by atoms with Crippen molar-refractivity contribution in [3.05, 3.63) is 42.0 Å². The minimum absolute atomic E-state index is 0. The number of rotatable bonds is 0. The Morgan fingerprint density at radius 3 is 2.58 bits per heavy atom. The van der Waals surface area contributed by atoms with Crippen LogP contribution in [-0.4, -0.2) is 16.7 Å². The lowest BCUT2D eigenvalue weighted by Gasteiger charge is -2.41. The molecule has 0 spiro atoms. The van der Waals surface area contributed by atoms with Crippen molar-refractivity contribution in [2.45, 2.75) is 31.6 Å². The van der Waals surface area contributed by atoms with Crippen LogP contribution < -0.4 is 10.5 Å². The molecule has 0 radical (unpaired) electrons. The molecule has 0 amide bonds. The SMILES string of the molecule is CC1(C)Oc2ccc3ccccc3c2C(O)C1N.Cl. The molecule has 0 fully saturated rings. The summed E-state index contributed by atoms with van der Waals surface area (Å²) in [5.41, 5.74) is 6.33. The van der Waals surface area contributed by atoms with Crippen molar-refractivity contribution in [1.29, 1.82) is 0 Å². The van der Waals surface area contributed by atoms with Crippen molar-refractivity contribution in [1.82, 2.24) is 0 Å². The Hall–Kier alpha value is -1.29. The molecule has 19 heavy (non-hydrogen) atoms. The van der Waals surface area contributed by atoms with Gasteiger partial charge < -0.3 is 15.6 Å². The van der Waals surface area contributed by atoms with E-state index in [-0.39, 0.29) is 12.4 Å². The summed E-state index contributed by atoms with van der Waals surface area (Å²) in [6.45, 7) is 3.80. The van der Waals surface area contributed by atoms with E-state index in [0.717, 1.165) is 22.1 Å². The van der Waals surface area contributed by atoms with Gasteiger partial charge in [0.1, 0.15) is 17.5 Å². The summed E-state index contributed by atoms with van der Waals surface area (Å²) in [7, 11) is 0. The van der Waals surface area contributed by atoms with Gasteiger partial charge in [0.05, 0.1) is 6.04 Å². The monoisotopic (exact) mass is 279 g/mol. The average molecular weight is 280 g/mol. The third kappa shape index (κ3) is 2.08. The Kier molecular flexibility index (Phi) is 3.47. The molecule has 0 saturated heterocycles. The predicted molar refractivity (Wildman–Crippen MR) is 78.8 cm³/mol. The third-order valence-electron chi connectivity index (χ3n) is 3.74. The minimum atomic E-state index is -0.699. The van der Waals surface area contributed by atoms with E-state index in [1.54, 1.807) is 0 Å². The van der Waals surface area contributed by atoms with Gasteiger partial charge in [0, 0.05) is 5.56 Å². The van der Waals surface area contributed by atoms with E-state index < -0.39 is 17.7 Å². The summed E-state index contributed by atoms with van der Waals surface area (Å²) in [6, 6.07) is 11.4. The Labute approximate surface area is 118 Å². The highest BCUT2D eigenvalue weighted by molar-refractivity contribution is 5.88. The van der Waals surface area contributed by atoms with E-state index in [1.807, 2.05) is 50.2 Å². The van der Waals surface area contributed by atoms with Gasteiger partial charge in [-0.1, -0.05) is 30.3 Å². The van der Waals surface area contributed by atoms with Crippen molar-refractivity contribution in [2.24, 2.45) is 5.73 Å². The number of nitrogens with two attached hydrogens (primary N) is 1. The van der Waals surface area contributed by atoms with Crippen LogP contribution in [0.1, 0.15) is 25.5 Å². The molecule has 1 aliphatic rings. The maximum absolute atomic E-state index is 10.5. The van der Waals surface area contributed by atoms with Gasteiger partial charge >= 0.3 is 0 Å². The van der Waals surface area contributed by atoms with Crippen molar-refractivity contribution < 1.29 is 9.84 Å². The van der Waals surface area contributed by atoms with Gasteiger partial charge in [-0.05, 0) is 30.7 Å². The fourth-order valence-electron chi connectivity index (χ4n) is 2.58. The van der Waals surface area contributed by atoms with Crippen molar-refractivity contribution in [3.8, 4) is 5.75 Å². The van der Waals surface area contributed by atoms with Gasteiger partial charge in [0.15, 0.2) is 0 Å². The summed E-state index contributed by atoms with van der Waals surface area (Å²) >= 11 is 0. The molecule has 3 N–H and O–H groups in total. The number of benzene rings is 2. The molecule has 2 unspecified atom stereocenters. The highest BCUT2D eigenvalue weighted by Crippen LogP contribution is 2.42. The van der Waals surface area contributed by atoms with E-state index >= 15 is 0 Å². The first-order chi connectivity index (χ1) is 8.50. The lowest BCUT2D eigenvalue weighted by Crippen LogP contribution is -2.54. The van der Waals surface area contributed by atoms with Crippen LogP contribution in [0.25, 0.3) is 10.8 Å². The second-order valence-corrected chi connectivity index (χ2v) is 5.37. The van der Waals surface area contributed by atoms with Gasteiger partial charge in [0.2, 0.25) is 0 Å². The molecule has 0 bridgehead atoms. The van der Waals surface area contributed by atoms with E-state index in [1.165, 1.54) is 0 Å². The Bertz CT molecular complexity index is 612. The Morgan fingerprint density at radius 2 is 1.84 bits per heavy atom. The van der Waals surface area contributed by atoms with E-state index in [4.69, 9.17) is 10.5 Å². The van der Waals surface area contributed by atoms with Crippen LogP contribution >= 0.6 is 12.4 Å². The second kappa shape index (κ2) is 4.67. The van der Waals surface area contributed by atoms with Crippen molar-refractivity contribution >= 4 is 23.2 Å². The quantitative estimate of drug-likeness (QED) is 0.780. The summed E-state index contributed by atoms with van der Waals surface area (Å²) in [5, 5.41) is 12.6. The zero-order valence-electron chi connectivity index (χ0n) is 11.0. The molecule has 3 nitrogen and oxygen atoms in total. The van der Waals surface area contributed by atoms with Crippen LogP contribution in [0.3, 0.4) is 0 Å².